The predicted octanol–water partition coefficient (Wildman–Crippen LogP) is 2.36. The molecule has 6 nitrogen and oxygen atoms in total. The van der Waals surface area contributed by atoms with Gasteiger partial charge in [0.2, 0.25) is 0 Å². The number of nitrogens with zero attached hydrogens (tertiary/aromatic N) is 1. The van der Waals surface area contributed by atoms with Gasteiger partial charge >= 0.3 is 0 Å². The third-order valence-electron chi connectivity index (χ3n) is 3.92. The van der Waals surface area contributed by atoms with Crippen molar-refractivity contribution in [2.75, 3.05) is 26.3 Å². The molecule has 0 unspecified atom stereocenters. The topological polar surface area (TPSA) is 76.8 Å². The van der Waals surface area contributed by atoms with Gasteiger partial charge in [0.15, 0.2) is 5.58 Å². The van der Waals surface area contributed by atoms with Crippen LogP contribution in [0.25, 0.3) is 11.0 Å². The van der Waals surface area contributed by atoms with Crippen molar-refractivity contribution in [2.24, 2.45) is 5.92 Å². The molecule has 0 radical (unpaired) electrons. The number of rotatable bonds is 6. The quantitative estimate of drug-likeness (QED) is 0.851. The number of aliphatic hydroxyl groups is 1. The molecule has 0 aliphatic carbocycles. The average Bonchev–Trinajstić information content (AvgIpc) is 2.95. The molecule has 1 aromatic carbocycles. The summed E-state index contributed by atoms with van der Waals surface area (Å²) in [6, 6.07) is 5.50. The Morgan fingerprint density at radius 1 is 1.30 bits per heavy atom. The lowest BCUT2D eigenvalue weighted by atomic mass is 9.99. The fourth-order valence-electron chi connectivity index (χ4n) is 2.65. The highest BCUT2D eigenvalue weighted by molar-refractivity contribution is 5.88. The van der Waals surface area contributed by atoms with E-state index in [1.165, 1.54) is 0 Å². The number of ether oxygens (including phenoxy) is 2. The minimum atomic E-state index is -0.907. The van der Waals surface area contributed by atoms with Crippen molar-refractivity contribution in [1.82, 2.24) is 10.5 Å². The largest absolute Gasteiger partial charge is 0.490 e. The fourth-order valence-corrected chi connectivity index (χ4v) is 2.65. The second kappa shape index (κ2) is 6.76. The summed E-state index contributed by atoms with van der Waals surface area (Å²) in [7, 11) is 0. The SMILES string of the molecule is CC(C)(O)COc1cccc2onc(OCC3CCNCC3)c12. The van der Waals surface area contributed by atoms with E-state index in [1.54, 1.807) is 13.8 Å². The molecule has 0 amide bonds. The van der Waals surface area contributed by atoms with Crippen molar-refractivity contribution in [1.29, 1.82) is 0 Å². The van der Waals surface area contributed by atoms with Gasteiger partial charge in [-0.25, -0.2) is 0 Å². The van der Waals surface area contributed by atoms with Crippen LogP contribution in [-0.2, 0) is 0 Å². The van der Waals surface area contributed by atoms with E-state index in [-0.39, 0.29) is 6.61 Å². The third-order valence-corrected chi connectivity index (χ3v) is 3.92. The highest BCUT2D eigenvalue weighted by Crippen LogP contribution is 2.34. The standard InChI is InChI=1S/C17H24N2O4/c1-17(2,20)11-22-13-4-3-5-14-15(13)16(19-23-14)21-10-12-6-8-18-9-7-12/h3-5,12,18,20H,6-11H2,1-2H3. The molecule has 1 aromatic heterocycles. The fraction of sp³-hybridized carbons (Fsp3) is 0.588. The molecule has 23 heavy (non-hydrogen) atoms. The number of fused-ring (bicyclic) bond motifs is 1. The molecule has 6 heteroatoms. The van der Waals surface area contributed by atoms with Gasteiger partial charge in [0, 0.05) is 0 Å². The first-order valence-corrected chi connectivity index (χ1v) is 8.10. The van der Waals surface area contributed by atoms with Gasteiger partial charge in [0.25, 0.3) is 5.88 Å². The van der Waals surface area contributed by atoms with Crippen molar-refractivity contribution in [3.8, 4) is 11.6 Å². The number of piperidine rings is 1. The molecular formula is C17H24N2O4. The number of hydrogen-bond acceptors (Lipinski definition) is 6. The van der Waals surface area contributed by atoms with Crippen LogP contribution < -0.4 is 14.8 Å². The molecule has 1 aliphatic heterocycles. The second-order valence-corrected chi connectivity index (χ2v) is 6.72. The Morgan fingerprint density at radius 2 is 2.09 bits per heavy atom. The van der Waals surface area contributed by atoms with Crippen LogP contribution in [-0.4, -0.2) is 42.2 Å². The molecule has 0 spiro atoms. The lowest BCUT2D eigenvalue weighted by Crippen LogP contribution is -2.30. The zero-order chi connectivity index (χ0) is 16.3. The summed E-state index contributed by atoms with van der Waals surface area (Å²) in [4.78, 5) is 0. The Bertz CT molecular complexity index is 642. The summed E-state index contributed by atoms with van der Waals surface area (Å²) in [6.45, 7) is 6.29. The summed E-state index contributed by atoms with van der Waals surface area (Å²) in [5.41, 5.74) is -0.284. The Kier molecular flexibility index (Phi) is 4.73. The van der Waals surface area contributed by atoms with Crippen LogP contribution in [0.1, 0.15) is 26.7 Å². The lowest BCUT2D eigenvalue weighted by molar-refractivity contribution is 0.0290. The Labute approximate surface area is 135 Å². The Balaban J connectivity index is 1.74. The van der Waals surface area contributed by atoms with Crippen molar-refractivity contribution in [3.05, 3.63) is 18.2 Å². The van der Waals surface area contributed by atoms with E-state index in [0.29, 0.717) is 29.7 Å². The summed E-state index contributed by atoms with van der Waals surface area (Å²) in [6.07, 6.45) is 2.22. The number of hydrogen-bond donors (Lipinski definition) is 2. The van der Waals surface area contributed by atoms with Gasteiger partial charge in [0.05, 0.1) is 12.2 Å². The minimum absolute atomic E-state index is 0.186. The molecule has 2 N–H and O–H groups in total. The van der Waals surface area contributed by atoms with Gasteiger partial charge in [-0.1, -0.05) is 6.07 Å². The van der Waals surface area contributed by atoms with E-state index >= 15 is 0 Å². The van der Waals surface area contributed by atoms with Gasteiger partial charge in [-0.3, -0.25) is 0 Å². The molecule has 0 bridgehead atoms. The smallest absolute Gasteiger partial charge is 0.265 e. The van der Waals surface area contributed by atoms with Crippen LogP contribution in [0, 0.1) is 5.92 Å². The first-order valence-electron chi connectivity index (χ1n) is 8.10. The highest BCUT2D eigenvalue weighted by atomic mass is 16.5. The third kappa shape index (κ3) is 4.14. The number of nitrogens with one attached hydrogen (secondary N) is 1. The Hall–Kier alpha value is -1.79. The predicted molar refractivity (Wildman–Crippen MR) is 86.9 cm³/mol. The number of aromatic nitrogens is 1. The van der Waals surface area contributed by atoms with E-state index in [0.717, 1.165) is 31.3 Å². The maximum atomic E-state index is 9.84. The van der Waals surface area contributed by atoms with E-state index in [4.69, 9.17) is 14.0 Å². The minimum Gasteiger partial charge on any atom is -0.490 e. The summed E-state index contributed by atoms with van der Waals surface area (Å²) in [5, 5.41) is 17.9. The van der Waals surface area contributed by atoms with Crippen molar-refractivity contribution in [2.45, 2.75) is 32.3 Å². The molecule has 126 valence electrons. The van der Waals surface area contributed by atoms with Crippen LogP contribution in [0.3, 0.4) is 0 Å². The zero-order valence-electron chi connectivity index (χ0n) is 13.7. The van der Waals surface area contributed by atoms with Crippen molar-refractivity contribution >= 4 is 11.0 Å². The number of benzene rings is 1. The lowest BCUT2D eigenvalue weighted by Gasteiger charge is -2.22. The van der Waals surface area contributed by atoms with Crippen LogP contribution in [0.4, 0.5) is 0 Å². The average molecular weight is 320 g/mol. The van der Waals surface area contributed by atoms with Gasteiger partial charge < -0.3 is 24.4 Å². The molecule has 1 fully saturated rings. The maximum Gasteiger partial charge on any atom is 0.265 e. The summed E-state index contributed by atoms with van der Waals surface area (Å²) < 4.78 is 17.0. The van der Waals surface area contributed by atoms with Crippen molar-refractivity contribution in [3.63, 3.8) is 0 Å². The summed E-state index contributed by atoms with van der Waals surface area (Å²) >= 11 is 0. The van der Waals surface area contributed by atoms with Crippen LogP contribution >= 0.6 is 0 Å². The molecule has 1 aliphatic rings. The van der Waals surface area contributed by atoms with E-state index in [1.807, 2.05) is 18.2 Å². The van der Waals surface area contributed by atoms with Crippen molar-refractivity contribution < 1.29 is 19.1 Å². The molecule has 1 saturated heterocycles. The van der Waals surface area contributed by atoms with Crippen LogP contribution in [0.5, 0.6) is 11.6 Å². The highest BCUT2D eigenvalue weighted by Gasteiger charge is 2.20. The molecule has 3 rings (SSSR count). The molecular weight excluding hydrogens is 296 g/mol. The second-order valence-electron chi connectivity index (χ2n) is 6.72. The van der Waals surface area contributed by atoms with E-state index in [9.17, 15) is 5.11 Å². The van der Waals surface area contributed by atoms with E-state index in [2.05, 4.69) is 10.5 Å². The Morgan fingerprint density at radius 3 is 2.83 bits per heavy atom. The van der Waals surface area contributed by atoms with Gasteiger partial charge in [-0.2, -0.15) is 0 Å². The van der Waals surface area contributed by atoms with Gasteiger partial charge in [0.1, 0.15) is 17.7 Å². The molecule has 0 atom stereocenters. The monoisotopic (exact) mass is 320 g/mol. The van der Waals surface area contributed by atoms with E-state index < -0.39 is 5.60 Å². The molecule has 0 saturated carbocycles. The van der Waals surface area contributed by atoms with Gasteiger partial charge in [-0.15, -0.1) is 0 Å². The van der Waals surface area contributed by atoms with Crippen LogP contribution in [0.15, 0.2) is 22.7 Å². The maximum absolute atomic E-state index is 9.84. The molecule has 2 heterocycles. The first kappa shape index (κ1) is 16.1. The zero-order valence-corrected chi connectivity index (χ0v) is 13.7. The first-order chi connectivity index (χ1) is 11.0. The summed E-state index contributed by atoms with van der Waals surface area (Å²) in [5.74, 6) is 1.61. The van der Waals surface area contributed by atoms with Crippen LogP contribution in [0.2, 0.25) is 0 Å². The normalized spacial score (nSPS) is 16.7. The molecule has 2 aromatic rings. The van der Waals surface area contributed by atoms with Gasteiger partial charge in [-0.05, 0) is 63.0 Å².